The van der Waals surface area contributed by atoms with Crippen LogP contribution in [0.2, 0.25) is 0 Å². The summed E-state index contributed by atoms with van der Waals surface area (Å²) in [6, 6.07) is 13.5. The molecule has 0 aliphatic heterocycles. The third-order valence-corrected chi connectivity index (χ3v) is 4.17. The van der Waals surface area contributed by atoms with Gasteiger partial charge in [0, 0.05) is 23.6 Å². The second-order valence-electron chi connectivity index (χ2n) is 5.52. The second kappa shape index (κ2) is 5.20. The Labute approximate surface area is 127 Å². The maximum absolute atomic E-state index is 12.8. The summed E-state index contributed by atoms with van der Waals surface area (Å²) in [6.07, 6.45) is -3.80. The number of fused-ring (bicyclic) bond motifs is 1. The Morgan fingerprint density at radius 2 is 1.73 bits per heavy atom. The minimum Gasteiger partial charge on any atom is -0.348 e. The quantitative estimate of drug-likeness (QED) is 0.621. The van der Waals surface area contributed by atoms with Crippen LogP contribution in [0.1, 0.15) is 22.4 Å². The molecular weight excluding hydrogens is 287 g/mol. The number of aryl methyl sites for hydroxylation is 1. The van der Waals surface area contributed by atoms with Crippen LogP contribution < -0.4 is 0 Å². The molecule has 0 saturated carbocycles. The van der Waals surface area contributed by atoms with E-state index in [-0.39, 0.29) is 0 Å². The molecule has 1 aromatic heterocycles. The summed E-state index contributed by atoms with van der Waals surface area (Å²) in [4.78, 5) is 0. The van der Waals surface area contributed by atoms with Crippen molar-refractivity contribution in [1.29, 1.82) is 0 Å². The highest BCUT2D eigenvalue weighted by Crippen LogP contribution is 2.31. The molecule has 0 saturated heterocycles. The zero-order valence-electron chi connectivity index (χ0n) is 12.4. The smallest absolute Gasteiger partial charge is 0.348 e. The average molecular weight is 303 g/mol. The largest absolute Gasteiger partial charge is 0.416 e. The van der Waals surface area contributed by atoms with E-state index in [0.717, 1.165) is 28.2 Å². The maximum Gasteiger partial charge on any atom is 0.416 e. The lowest BCUT2D eigenvalue weighted by Gasteiger charge is -2.09. The van der Waals surface area contributed by atoms with E-state index in [1.54, 1.807) is 6.07 Å². The van der Waals surface area contributed by atoms with Gasteiger partial charge in [-0.05, 0) is 36.6 Å². The lowest BCUT2D eigenvalue weighted by Crippen LogP contribution is -2.05. The number of alkyl halides is 3. The molecule has 0 amide bonds. The van der Waals surface area contributed by atoms with Gasteiger partial charge in [-0.15, -0.1) is 0 Å². The van der Waals surface area contributed by atoms with Gasteiger partial charge in [0.15, 0.2) is 0 Å². The van der Waals surface area contributed by atoms with Crippen LogP contribution in [0, 0.1) is 6.92 Å². The van der Waals surface area contributed by atoms with Gasteiger partial charge < -0.3 is 4.57 Å². The summed E-state index contributed by atoms with van der Waals surface area (Å²) < 4.78 is 40.6. The van der Waals surface area contributed by atoms with Crippen molar-refractivity contribution in [2.45, 2.75) is 19.5 Å². The van der Waals surface area contributed by atoms with Crippen LogP contribution in [0.4, 0.5) is 13.2 Å². The van der Waals surface area contributed by atoms with Crippen LogP contribution in [-0.2, 0) is 19.6 Å². The fraction of sp³-hybridized carbons (Fsp3) is 0.222. The highest BCUT2D eigenvalue weighted by molar-refractivity contribution is 5.85. The van der Waals surface area contributed by atoms with Gasteiger partial charge in [0.05, 0.1) is 5.56 Å². The summed E-state index contributed by atoms with van der Waals surface area (Å²) >= 11 is 0. The fourth-order valence-corrected chi connectivity index (χ4v) is 2.88. The zero-order valence-corrected chi connectivity index (χ0v) is 12.4. The Balaban J connectivity index is 2.06. The van der Waals surface area contributed by atoms with Crippen molar-refractivity contribution in [2.75, 3.05) is 0 Å². The van der Waals surface area contributed by atoms with E-state index in [1.807, 2.05) is 38.2 Å². The predicted octanol–water partition coefficient (Wildman–Crippen LogP) is 5.10. The Kier molecular flexibility index (Phi) is 3.47. The molecule has 2 aromatic carbocycles. The van der Waals surface area contributed by atoms with Crippen molar-refractivity contribution >= 4 is 10.9 Å². The first-order chi connectivity index (χ1) is 10.4. The molecule has 0 unspecified atom stereocenters. The van der Waals surface area contributed by atoms with Crippen LogP contribution in [0.3, 0.4) is 0 Å². The summed E-state index contributed by atoms with van der Waals surface area (Å²) in [5.74, 6) is 0. The van der Waals surface area contributed by atoms with Gasteiger partial charge >= 0.3 is 6.18 Å². The van der Waals surface area contributed by atoms with Crippen LogP contribution in [0.15, 0.2) is 48.5 Å². The maximum atomic E-state index is 12.8. The minimum atomic E-state index is -4.30. The van der Waals surface area contributed by atoms with Crippen LogP contribution in [-0.4, -0.2) is 4.57 Å². The van der Waals surface area contributed by atoms with Gasteiger partial charge in [-0.25, -0.2) is 0 Å². The van der Waals surface area contributed by atoms with Gasteiger partial charge in [-0.3, -0.25) is 0 Å². The van der Waals surface area contributed by atoms with Crippen molar-refractivity contribution in [1.82, 2.24) is 4.57 Å². The first-order valence-electron chi connectivity index (χ1n) is 7.07. The molecule has 0 aliphatic carbocycles. The SMILES string of the molecule is Cc1c(Cc2cccc(C(F)(F)F)c2)c2ccccc2n1C. The number of hydrogen-bond donors (Lipinski definition) is 0. The monoisotopic (exact) mass is 303 g/mol. The van der Waals surface area contributed by atoms with E-state index >= 15 is 0 Å². The number of nitrogens with zero attached hydrogens (tertiary/aromatic N) is 1. The number of rotatable bonds is 2. The number of benzene rings is 2. The topological polar surface area (TPSA) is 4.93 Å². The molecular formula is C18H16F3N. The third kappa shape index (κ3) is 2.49. The molecule has 4 heteroatoms. The third-order valence-electron chi connectivity index (χ3n) is 4.17. The highest BCUT2D eigenvalue weighted by atomic mass is 19.4. The lowest BCUT2D eigenvalue weighted by atomic mass is 10.0. The molecule has 1 heterocycles. The summed E-state index contributed by atoms with van der Waals surface area (Å²) in [6.45, 7) is 2.00. The molecule has 1 nitrogen and oxygen atoms in total. The van der Waals surface area contributed by atoms with E-state index < -0.39 is 11.7 Å². The number of halogens is 3. The standard InChI is InChI=1S/C18H16F3N/c1-12-16(15-8-3-4-9-17(15)22(12)2)11-13-6-5-7-14(10-13)18(19,20)21/h3-10H,11H2,1-2H3. The van der Waals surface area contributed by atoms with Gasteiger partial charge in [0.2, 0.25) is 0 Å². The van der Waals surface area contributed by atoms with Crippen LogP contribution in [0.25, 0.3) is 10.9 Å². The van der Waals surface area contributed by atoms with Crippen LogP contribution >= 0.6 is 0 Å². The molecule has 0 fully saturated rings. The van der Waals surface area contributed by atoms with E-state index in [1.165, 1.54) is 12.1 Å². The fourth-order valence-electron chi connectivity index (χ4n) is 2.88. The van der Waals surface area contributed by atoms with Gasteiger partial charge in [0.1, 0.15) is 0 Å². The number of para-hydroxylation sites is 1. The summed E-state index contributed by atoms with van der Waals surface area (Å²) in [5, 5.41) is 1.10. The summed E-state index contributed by atoms with van der Waals surface area (Å²) in [7, 11) is 1.98. The van der Waals surface area contributed by atoms with Crippen molar-refractivity contribution in [2.24, 2.45) is 7.05 Å². The molecule has 3 aromatic rings. The molecule has 0 aliphatic rings. The molecule has 0 radical (unpaired) electrons. The van der Waals surface area contributed by atoms with Crippen molar-refractivity contribution in [3.8, 4) is 0 Å². The average Bonchev–Trinajstić information content (AvgIpc) is 2.72. The normalized spacial score (nSPS) is 12.0. The summed E-state index contributed by atoms with van der Waals surface area (Å²) in [5.41, 5.74) is 3.34. The van der Waals surface area contributed by atoms with Gasteiger partial charge in [0.25, 0.3) is 0 Å². The highest BCUT2D eigenvalue weighted by Gasteiger charge is 2.30. The van der Waals surface area contributed by atoms with E-state index in [2.05, 4.69) is 4.57 Å². The zero-order chi connectivity index (χ0) is 15.9. The molecule has 3 rings (SSSR count). The van der Waals surface area contributed by atoms with Gasteiger partial charge in [-0.2, -0.15) is 13.2 Å². The Hall–Kier alpha value is -2.23. The predicted molar refractivity (Wildman–Crippen MR) is 81.9 cm³/mol. The van der Waals surface area contributed by atoms with E-state index in [4.69, 9.17) is 0 Å². The van der Waals surface area contributed by atoms with E-state index in [9.17, 15) is 13.2 Å². The Morgan fingerprint density at radius 3 is 2.45 bits per heavy atom. The van der Waals surface area contributed by atoms with E-state index in [0.29, 0.717) is 12.0 Å². The molecule has 0 bridgehead atoms. The molecule has 22 heavy (non-hydrogen) atoms. The molecule has 0 spiro atoms. The Bertz CT molecular complexity index is 828. The second-order valence-corrected chi connectivity index (χ2v) is 5.52. The van der Waals surface area contributed by atoms with Crippen LogP contribution in [0.5, 0.6) is 0 Å². The molecule has 114 valence electrons. The van der Waals surface area contributed by atoms with Gasteiger partial charge in [-0.1, -0.05) is 36.4 Å². The first kappa shape index (κ1) is 14.7. The van der Waals surface area contributed by atoms with Crippen molar-refractivity contribution in [3.63, 3.8) is 0 Å². The number of hydrogen-bond acceptors (Lipinski definition) is 0. The first-order valence-corrected chi connectivity index (χ1v) is 7.07. The number of aromatic nitrogens is 1. The molecule has 0 N–H and O–H groups in total. The molecule has 0 atom stereocenters. The Morgan fingerprint density at radius 1 is 1.00 bits per heavy atom. The van der Waals surface area contributed by atoms with Crippen molar-refractivity contribution in [3.05, 3.63) is 70.9 Å². The minimum absolute atomic E-state index is 0.497. The lowest BCUT2D eigenvalue weighted by molar-refractivity contribution is -0.137. The van der Waals surface area contributed by atoms with Crippen molar-refractivity contribution < 1.29 is 13.2 Å².